The summed E-state index contributed by atoms with van der Waals surface area (Å²) in [5, 5.41) is 9.28. The fourth-order valence-electron chi connectivity index (χ4n) is 2.77. The van der Waals surface area contributed by atoms with Crippen LogP contribution in [-0.2, 0) is 21.4 Å². The van der Waals surface area contributed by atoms with Gasteiger partial charge < -0.3 is 5.73 Å². The fraction of sp³-hybridized carbons (Fsp3) is 0.300. The number of nitrogens with zero attached hydrogens (tertiary/aromatic N) is 2. The van der Waals surface area contributed by atoms with Crippen LogP contribution in [0.2, 0.25) is 5.02 Å². The van der Waals surface area contributed by atoms with E-state index in [2.05, 4.69) is 0 Å². The van der Waals surface area contributed by atoms with Crippen molar-refractivity contribution in [2.45, 2.75) is 43.4 Å². The van der Waals surface area contributed by atoms with Crippen LogP contribution in [0.5, 0.6) is 0 Å². The highest BCUT2D eigenvalue weighted by molar-refractivity contribution is 7.89. The molecule has 29 heavy (non-hydrogen) atoms. The van der Waals surface area contributed by atoms with Gasteiger partial charge in [0.1, 0.15) is 11.7 Å². The van der Waals surface area contributed by atoms with Crippen molar-refractivity contribution in [2.24, 2.45) is 5.73 Å². The number of primary amides is 1. The standard InChI is InChI=1S/C20H21ClFN3O3S/c1-20(2,22)11-18(19(24)26)25(13-15-5-3-14(12-23)4-6-15)29(27,28)17-9-7-16(21)8-10-17/h3-10,18H,11,13H2,1-2H3,(H2,24,26). The van der Waals surface area contributed by atoms with Crippen LogP contribution in [0.4, 0.5) is 4.39 Å². The van der Waals surface area contributed by atoms with Crippen LogP contribution in [-0.4, -0.2) is 30.3 Å². The molecule has 0 aliphatic heterocycles. The van der Waals surface area contributed by atoms with E-state index in [-0.39, 0.29) is 11.4 Å². The molecule has 2 rings (SSSR count). The summed E-state index contributed by atoms with van der Waals surface area (Å²) in [5.41, 5.74) is 4.55. The summed E-state index contributed by atoms with van der Waals surface area (Å²) in [6.07, 6.45) is -0.411. The third kappa shape index (κ3) is 6.00. The maximum atomic E-state index is 14.4. The Kier molecular flexibility index (Phi) is 7.01. The number of halogens is 2. The molecule has 6 nitrogen and oxygen atoms in total. The van der Waals surface area contributed by atoms with Crippen LogP contribution in [0.1, 0.15) is 31.4 Å². The fourth-order valence-corrected chi connectivity index (χ4v) is 4.48. The zero-order chi connectivity index (χ0) is 21.8. The third-order valence-electron chi connectivity index (χ3n) is 4.20. The first-order chi connectivity index (χ1) is 13.4. The van der Waals surface area contributed by atoms with Crippen molar-refractivity contribution < 1.29 is 17.6 Å². The Morgan fingerprint density at radius 3 is 2.21 bits per heavy atom. The number of benzene rings is 2. The molecule has 0 aromatic heterocycles. The molecule has 0 aliphatic rings. The van der Waals surface area contributed by atoms with Crippen LogP contribution in [0.15, 0.2) is 53.4 Å². The van der Waals surface area contributed by atoms with Gasteiger partial charge in [-0.15, -0.1) is 0 Å². The molecule has 2 aromatic carbocycles. The van der Waals surface area contributed by atoms with E-state index < -0.39 is 34.1 Å². The van der Waals surface area contributed by atoms with Crippen molar-refractivity contribution in [3.63, 3.8) is 0 Å². The molecule has 0 saturated carbocycles. The minimum atomic E-state index is -4.21. The zero-order valence-electron chi connectivity index (χ0n) is 16.0. The number of sulfonamides is 1. The number of nitriles is 1. The first-order valence-electron chi connectivity index (χ1n) is 8.69. The van der Waals surface area contributed by atoms with Crippen LogP contribution in [0.3, 0.4) is 0 Å². The zero-order valence-corrected chi connectivity index (χ0v) is 17.5. The highest BCUT2D eigenvalue weighted by Gasteiger charge is 2.38. The highest BCUT2D eigenvalue weighted by Crippen LogP contribution is 2.28. The lowest BCUT2D eigenvalue weighted by Gasteiger charge is -2.31. The minimum absolute atomic E-state index is 0.0986. The van der Waals surface area contributed by atoms with Gasteiger partial charge in [-0.25, -0.2) is 12.8 Å². The van der Waals surface area contributed by atoms with Crippen molar-refractivity contribution in [1.82, 2.24) is 4.31 Å². The molecule has 0 heterocycles. The average Bonchev–Trinajstić information content (AvgIpc) is 2.64. The van der Waals surface area contributed by atoms with Gasteiger partial charge in [0.25, 0.3) is 0 Å². The Morgan fingerprint density at radius 1 is 1.21 bits per heavy atom. The molecular weight excluding hydrogens is 417 g/mol. The molecule has 0 bridgehead atoms. The van der Waals surface area contributed by atoms with E-state index >= 15 is 0 Å². The van der Waals surface area contributed by atoms with Crippen molar-refractivity contribution in [3.05, 3.63) is 64.7 Å². The van der Waals surface area contributed by atoms with E-state index in [1.165, 1.54) is 50.2 Å². The van der Waals surface area contributed by atoms with Crippen molar-refractivity contribution in [1.29, 1.82) is 5.26 Å². The maximum absolute atomic E-state index is 14.4. The molecule has 0 radical (unpaired) electrons. The third-order valence-corrected chi connectivity index (χ3v) is 6.32. The molecule has 1 unspecified atom stereocenters. The maximum Gasteiger partial charge on any atom is 0.244 e. The van der Waals surface area contributed by atoms with Gasteiger partial charge in [0.15, 0.2) is 0 Å². The van der Waals surface area contributed by atoms with Gasteiger partial charge in [-0.1, -0.05) is 23.7 Å². The van der Waals surface area contributed by atoms with Crippen LogP contribution in [0, 0.1) is 11.3 Å². The molecule has 1 atom stereocenters. The first-order valence-corrected chi connectivity index (χ1v) is 10.5. The summed E-state index contributed by atoms with van der Waals surface area (Å²) >= 11 is 5.84. The number of rotatable bonds is 8. The number of amides is 1. The van der Waals surface area contributed by atoms with Crippen LogP contribution < -0.4 is 5.73 Å². The second-order valence-electron chi connectivity index (χ2n) is 7.15. The molecule has 0 aliphatic carbocycles. The summed E-state index contributed by atoms with van der Waals surface area (Å²) in [4.78, 5) is 12.0. The van der Waals surface area contributed by atoms with Crippen molar-refractivity contribution in [2.75, 3.05) is 0 Å². The summed E-state index contributed by atoms with van der Waals surface area (Å²) in [6.45, 7) is 2.27. The van der Waals surface area contributed by atoms with Gasteiger partial charge >= 0.3 is 0 Å². The van der Waals surface area contributed by atoms with E-state index in [1.54, 1.807) is 12.1 Å². The lowest BCUT2D eigenvalue weighted by Crippen LogP contribution is -2.49. The number of carbonyl (C=O) groups is 1. The number of hydrogen-bond acceptors (Lipinski definition) is 4. The normalized spacial score (nSPS) is 13.1. The second-order valence-corrected chi connectivity index (χ2v) is 9.48. The average molecular weight is 438 g/mol. The lowest BCUT2D eigenvalue weighted by atomic mass is 10.00. The Hall–Kier alpha value is -2.47. The molecular formula is C20H21ClFN3O3S. The Labute approximate surface area is 174 Å². The number of hydrogen-bond donors (Lipinski definition) is 1. The lowest BCUT2D eigenvalue weighted by molar-refractivity contribution is -0.123. The summed E-state index contributed by atoms with van der Waals surface area (Å²) in [6, 6.07) is 12.2. The number of alkyl halides is 1. The Bertz CT molecular complexity index is 1010. The summed E-state index contributed by atoms with van der Waals surface area (Å²) < 4.78 is 41.9. The molecule has 2 aromatic rings. The monoisotopic (exact) mass is 437 g/mol. The smallest absolute Gasteiger partial charge is 0.244 e. The molecule has 9 heteroatoms. The van der Waals surface area contributed by atoms with Crippen LogP contribution >= 0.6 is 11.6 Å². The van der Waals surface area contributed by atoms with Gasteiger partial charge in [-0.05, 0) is 55.8 Å². The van der Waals surface area contributed by atoms with Gasteiger partial charge in [-0.2, -0.15) is 9.57 Å². The van der Waals surface area contributed by atoms with Gasteiger partial charge in [-0.3, -0.25) is 4.79 Å². The Morgan fingerprint density at radius 2 is 1.76 bits per heavy atom. The quantitative estimate of drug-likeness (QED) is 0.683. The predicted octanol–water partition coefficient (Wildman–Crippen LogP) is 3.39. The van der Waals surface area contributed by atoms with Gasteiger partial charge in [0.05, 0.1) is 16.5 Å². The molecule has 154 valence electrons. The van der Waals surface area contributed by atoms with E-state index in [1.807, 2.05) is 6.07 Å². The number of nitrogens with two attached hydrogens (primary N) is 1. The largest absolute Gasteiger partial charge is 0.368 e. The number of carbonyl (C=O) groups excluding carboxylic acids is 1. The predicted molar refractivity (Wildman–Crippen MR) is 108 cm³/mol. The van der Waals surface area contributed by atoms with Crippen molar-refractivity contribution in [3.8, 4) is 6.07 Å². The summed E-state index contributed by atoms with van der Waals surface area (Å²) in [7, 11) is -4.21. The minimum Gasteiger partial charge on any atom is -0.368 e. The van der Waals surface area contributed by atoms with Gasteiger partial charge in [0, 0.05) is 18.0 Å². The summed E-state index contributed by atoms with van der Waals surface area (Å²) in [5.74, 6) is -0.957. The van der Waals surface area contributed by atoms with E-state index in [0.29, 0.717) is 16.1 Å². The van der Waals surface area contributed by atoms with E-state index in [4.69, 9.17) is 22.6 Å². The second kappa shape index (κ2) is 8.91. The van der Waals surface area contributed by atoms with E-state index in [0.717, 1.165) is 4.31 Å². The first kappa shape index (κ1) is 22.8. The molecule has 0 fully saturated rings. The molecule has 1 amide bonds. The molecule has 0 spiro atoms. The SMILES string of the molecule is CC(C)(F)CC(C(N)=O)N(Cc1ccc(C#N)cc1)S(=O)(=O)c1ccc(Cl)cc1. The highest BCUT2D eigenvalue weighted by atomic mass is 35.5. The van der Waals surface area contributed by atoms with Crippen molar-refractivity contribution >= 4 is 27.5 Å². The topological polar surface area (TPSA) is 104 Å². The molecule has 0 saturated heterocycles. The van der Waals surface area contributed by atoms with E-state index in [9.17, 15) is 17.6 Å². The Balaban J connectivity index is 2.54. The molecule has 2 N–H and O–H groups in total. The van der Waals surface area contributed by atoms with Crippen LogP contribution in [0.25, 0.3) is 0 Å². The van der Waals surface area contributed by atoms with Gasteiger partial charge in [0.2, 0.25) is 15.9 Å².